The summed E-state index contributed by atoms with van der Waals surface area (Å²) in [6.45, 7) is 0.737. The molecule has 0 unspecified atom stereocenters. The molecule has 0 bridgehead atoms. The van der Waals surface area contributed by atoms with Crippen molar-refractivity contribution in [1.29, 1.82) is 0 Å². The van der Waals surface area contributed by atoms with Crippen LogP contribution in [0.5, 0.6) is 0 Å². The number of nitro benzene ring substituents is 1. The molecule has 0 saturated carbocycles. The van der Waals surface area contributed by atoms with E-state index in [4.69, 9.17) is 5.73 Å². The number of nitro groups is 1. The summed E-state index contributed by atoms with van der Waals surface area (Å²) in [5, 5.41) is 16.0. The number of non-ortho nitro benzene ring substituents is 1. The van der Waals surface area contributed by atoms with Gasteiger partial charge in [0.2, 0.25) is 5.91 Å². The molecule has 0 atom stereocenters. The molecule has 0 aliphatic rings. The Hall–Kier alpha value is -3.26. The SMILES string of the molecule is NCCNC(=O)Cc1ccccc1NC(=O)c1ccc([N+](=O)[O-])cc1. The molecule has 0 saturated heterocycles. The molecule has 0 spiro atoms. The van der Waals surface area contributed by atoms with E-state index in [-0.39, 0.29) is 23.6 Å². The summed E-state index contributed by atoms with van der Waals surface area (Å²) < 4.78 is 0. The predicted molar refractivity (Wildman–Crippen MR) is 93.3 cm³/mol. The lowest BCUT2D eigenvalue weighted by atomic mass is 10.1. The third-order valence-electron chi connectivity index (χ3n) is 3.42. The van der Waals surface area contributed by atoms with Crippen molar-refractivity contribution in [3.63, 3.8) is 0 Å². The van der Waals surface area contributed by atoms with E-state index in [9.17, 15) is 19.7 Å². The van der Waals surface area contributed by atoms with E-state index >= 15 is 0 Å². The Labute approximate surface area is 144 Å². The van der Waals surface area contributed by atoms with Crippen molar-refractivity contribution < 1.29 is 14.5 Å². The standard InChI is InChI=1S/C17H18N4O4/c18-9-10-19-16(22)11-13-3-1-2-4-15(13)20-17(23)12-5-7-14(8-6-12)21(24)25/h1-8H,9-11,18H2,(H,19,22)(H,20,23). The number of hydrogen-bond acceptors (Lipinski definition) is 5. The fourth-order valence-corrected chi connectivity index (χ4v) is 2.17. The van der Waals surface area contributed by atoms with Gasteiger partial charge >= 0.3 is 0 Å². The molecule has 0 aromatic heterocycles. The van der Waals surface area contributed by atoms with Crippen LogP contribution in [-0.4, -0.2) is 29.8 Å². The molecule has 4 N–H and O–H groups in total. The highest BCUT2D eigenvalue weighted by molar-refractivity contribution is 6.05. The van der Waals surface area contributed by atoms with Gasteiger partial charge in [0.05, 0.1) is 11.3 Å². The van der Waals surface area contributed by atoms with E-state index in [1.165, 1.54) is 24.3 Å². The number of anilines is 1. The summed E-state index contributed by atoms with van der Waals surface area (Å²) in [6, 6.07) is 12.2. The molecule has 2 amide bonds. The minimum Gasteiger partial charge on any atom is -0.355 e. The second-order valence-electron chi connectivity index (χ2n) is 5.23. The molecule has 130 valence electrons. The molecule has 0 fully saturated rings. The van der Waals surface area contributed by atoms with Crippen LogP contribution in [0.1, 0.15) is 15.9 Å². The Morgan fingerprint density at radius 2 is 1.76 bits per heavy atom. The molecule has 0 aliphatic carbocycles. The average molecular weight is 342 g/mol. The molecule has 2 aromatic rings. The van der Waals surface area contributed by atoms with Crippen LogP contribution in [0.2, 0.25) is 0 Å². The van der Waals surface area contributed by atoms with Crippen molar-refractivity contribution in [3.05, 3.63) is 69.8 Å². The van der Waals surface area contributed by atoms with Crippen LogP contribution in [0, 0.1) is 10.1 Å². The number of amides is 2. The number of nitrogens with one attached hydrogen (secondary N) is 2. The van der Waals surface area contributed by atoms with E-state index in [2.05, 4.69) is 10.6 Å². The van der Waals surface area contributed by atoms with Crippen LogP contribution >= 0.6 is 0 Å². The summed E-state index contributed by atoms with van der Waals surface area (Å²) in [7, 11) is 0. The zero-order chi connectivity index (χ0) is 18.2. The molecule has 8 heteroatoms. The van der Waals surface area contributed by atoms with Crippen molar-refractivity contribution in [2.24, 2.45) is 5.73 Å². The third-order valence-corrected chi connectivity index (χ3v) is 3.42. The number of para-hydroxylation sites is 1. The highest BCUT2D eigenvalue weighted by atomic mass is 16.6. The zero-order valence-corrected chi connectivity index (χ0v) is 13.4. The lowest BCUT2D eigenvalue weighted by molar-refractivity contribution is -0.384. The summed E-state index contributed by atoms with van der Waals surface area (Å²) >= 11 is 0. The molecular formula is C17H18N4O4. The second kappa shape index (κ2) is 8.55. The molecule has 0 heterocycles. The summed E-state index contributed by atoms with van der Waals surface area (Å²) in [4.78, 5) is 34.3. The highest BCUT2D eigenvalue weighted by Crippen LogP contribution is 2.18. The molecule has 0 radical (unpaired) electrons. The first kappa shape index (κ1) is 18.1. The molecule has 8 nitrogen and oxygen atoms in total. The van der Waals surface area contributed by atoms with E-state index < -0.39 is 10.8 Å². The Morgan fingerprint density at radius 1 is 1.08 bits per heavy atom. The van der Waals surface area contributed by atoms with E-state index in [1.54, 1.807) is 24.3 Å². The fraction of sp³-hybridized carbons (Fsp3) is 0.176. The van der Waals surface area contributed by atoms with Crippen LogP contribution in [0.3, 0.4) is 0 Å². The maximum atomic E-state index is 12.3. The van der Waals surface area contributed by atoms with Crippen molar-refractivity contribution in [3.8, 4) is 0 Å². The number of nitrogens with zero attached hydrogens (tertiary/aromatic N) is 1. The Morgan fingerprint density at radius 3 is 2.40 bits per heavy atom. The lowest BCUT2D eigenvalue weighted by Crippen LogP contribution is -2.30. The molecule has 0 aliphatic heterocycles. The Balaban J connectivity index is 2.10. The van der Waals surface area contributed by atoms with Crippen molar-refractivity contribution in [1.82, 2.24) is 5.32 Å². The monoisotopic (exact) mass is 342 g/mol. The largest absolute Gasteiger partial charge is 0.355 e. The maximum Gasteiger partial charge on any atom is 0.269 e. The lowest BCUT2D eigenvalue weighted by Gasteiger charge is -2.11. The van der Waals surface area contributed by atoms with Gasteiger partial charge in [0, 0.05) is 36.5 Å². The first-order valence-electron chi connectivity index (χ1n) is 7.61. The Kier molecular flexibility index (Phi) is 6.19. The van der Waals surface area contributed by atoms with Gasteiger partial charge in [-0.25, -0.2) is 0 Å². The molecule has 25 heavy (non-hydrogen) atoms. The van der Waals surface area contributed by atoms with Crippen LogP contribution in [0.15, 0.2) is 48.5 Å². The number of carbonyl (C=O) groups excluding carboxylic acids is 2. The first-order valence-corrected chi connectivity index (χ1v) is 7.61. The van der Waals surface area contributed by atoms with Gasteiger partial charge in [-0.15, -0.1) is 0 Å². The van der Waals surface area contributed by atoms with E-state index in [0.717, 1.165) is 0 Å². The van der Waals surface area contributed by atoms with E-state index in [0.29, 0.717) is 24.3 Å². The maximum absolute atomic E-state index is 12.3. The van der Waals surface area contributed by atoms with Gasteiger partial charge < -0.3 is 16.4 Å². The first-order chi connectivity index (χ1) is 12.0. The molecule has 2 aromatic carbocycles. The van der Waals surface area contributed by atoms with Crippen LogP contribution < -0.4 is 16.4 Å². The quantitative estimate of drug-likeness (QED) is 0.518. The van der Waals surface area contributed by atoms with E-state index in [1.807, 2.05) is 0 Å². The minimum atomic E-state index is -0.531. The second-order valence-corrected chi connectivity index (χ2v) is 5.23. The van der Waals surface area contributed by atoms with Gasteiger partial charge in [-0.05, 0) is 23.8 Å². The molecule has 2 rings (SSSR count). The van der Waals surface area contributed by atoms with Crippen LogP contribution in [0.25, 0.3) is 0 Å². The van der Waals surface area contributed by atoms with Crippen molar-refractivity contribution in [2.75, 3.05) is 18.4 Å². The normalized spacial score (nSPS) is 10.1. The summed E-state index contributed by atoms with van der Waals surface area (Å²) in [5.74, 6) is -0.604. The smallest absolute Gasteiger partial charge is 0.269 e. The van der Waals surface area contributed by atoms with Crippen molar-refractivity contribution >= 4 is 23.2 Å². The van der Waals surface area contributed by atoms with Crippen molar-refractivity contribution in [2.45, 2.75) is 6.42 Å². The zero-order valence-electron chi connectivity index (χ0n) is 13.4. The van der Waals surface area contributed by atoms with Gasteiger partial charge in [-0.1, -0.05) is 18.2 Å². The Bertz CT molecular complexity index is 774. The van der Waals surface area contributed by atoms with Gasteiger partial charge in [-0.3, -0.25) is 19.7 Å². The highest BCUT2D eigenvalue weighted by Gasteiger charge is 2.13. The summed E-state index contributed by atoms with van der Waals surface area (Å²) in [6.07, 6.45) is 0.108. The minimum absolute atomic E-state index is 0.0893. The van der Waals surface area contributed by atoms with Gasteiger partial charge in [0.1, 0.15) is 0 Å². The number of hydrogen-bond donors (Lipinski definition) is 3. The number of nitrogens with two attached hydrogens (primary N) is 1. The molecular weight excluding hydrogens is 324 g/mol. The van der Waals surface area contributed by atoms with Crippen LogP contribution in [0.4, 0.5) is 11.4 Å². The van der Waals surface area contributed by atoms with Gasteiger partial charge in [0.15, 0.2) is 0 Å². The summed E-state index contributed by atoms with van der Waals surface area (Å²) in [5.41, 5.74) is 6.71. The fourth-order valence-electron chi connectivity index (χ4n) is 2.17. The number of carbonyl (C=O) groups is 2. The van der Waals surface area contributed by atoms with Crippen LogP contribution in [-0.2, 0) is 11.2 Å². The topological polar surface area (TPSA) is 127 Å². The predicted octanol–water partition coefficient (Wildman–Crippen LogP) is 1.46. The third kappa shape index (κ3) is 5.11. The number of rotatable bonds is 7. The van der Waals surface area contributed by atoms with Gasteiger partial charge in [0.25, 0.3) is 11.6 Å². The average Bonchev–Trinajstić information content (AvgIpc) is 2.61. The number of benzene rings is 2. The van der Waals surface area contributed by atoms with Gasteiger partial charge in [-0.2, -0.15) is 0 Å².